The van der Waals surface area contributed by atoms with Gasteiger partial charge in [0.1, 0.15) is 0 Å². The quantitative estimate of drug-likeness (QED) is 0.605. The van der Waals surface area contributed by atoms with Gasteiger partial charge in [-0.3, -0.25) is 0 Å². The molecule has 1 aromatic heterocycles. The number of thiophene rings is 1. The van der Waals surface area contributed by atoms with E-state index in [4.69, 9.17) is 0 Å². The highest BCUT2D eigenvalue weighted by atomic mass is 32.1. The van der Waals surface area contributed by atoms with Gasteiger partial charge in [-0.15, -0.1) is 0 Å². The predicted octanol–water partition coefficient (Wildman–Crippen LogP) is 1.95. The van der Waals surface area contributed by atoms with E-state index in [1.54, 1.807) is 11.3 Å². The van der Waals surface area contributed by atoms with E-state index in [-0.39, 0.29) is 0 Å². The van der Waals surface area contributed by atoms with Gasteiger partial charge in [0.05, 0.1) is 6.04 Å². The fraction of sp³-hybridized carbons (Fsp3) is 0.250. The minimum Gasteiger partial charge on any atom is -0.303 e. The monoisotopic (exact) mass is 151 g/mol. The molecule has 1 nitrogen and oxygen atoms in total. The molecule has 52 valence electrons. The Balaban J connectivity index is 2.20. The van der Waals surface area contributed by atoms with Crippen LogP contribution in [0.4, 0.5) is 0 Å². The largest absolute Gasteiger partial charge is 0.303 e. The van der Waals surface area contributed by atoms with Gasteiger partial charge in [-0.2, -0.15) is 11.3 Å². The Morgan fingerprint density at radius 3 is 3.20 bits per heavy atom. The Morgan fingerprint density at radius 2 is 2.60 bits per heavy atom. The van der Waals surface area contributed by atoms with E-state index in [0.717, 1.165) is 6.54 Å². The molecule has 0 amide bonds. The Hall–Kier alpha value is -0.600. The van der Waals surface area contributed by atoms with Crippen molar-refractivity contribution < 1.29 is 0 Å². The molecular weight excluding hydrogens is 142 g/mol. The molecule has 2 rings (SSSR count). The molecule has 0 spiro atoms. The van der Waals surface area contributed by atoms with Crippen LogP contribution in [0.3, 0.4) is 0 Å². The van der Waals surface area contributed by atoms with Crippen molar-refractivity contribution in [1.82, 2.24) is 5.32 Å². The van der Waals surface area contributed by atoms with Gasteiger partial charge < -0.3 is 5.32 Å². The summed E-state index contributed by atoms with van der Waals surface area (Å²) in [5, 5.41) is 7.66. The topological polar surface area (TPSA) is 12.0 Å². The zero-order valence-electron chi connectivity index (χ0n) is 5.58. The maximum Gasteiger partial charge on any atom is 0.0517 e. The second kappa shape index (κ2) is 2.56. The lowest BCUT2D eigenvalue weighted by Crippen LogP contribution is -2.12. The molecule has 0 radical (unpaired) electrons. The highest BCUT2D eigenvalue weighted by Gasteiger charge is 2.09. The van der Waals surface area contributed by atoms with E-state index in [1.165, 1.54) is 5.56 Å². The molecule has 0 saturated heterocycles. The minimum atomic E-state index is 0.478. The first-order valence-corrected chi connectivity index (χ1v) is 4.33. The smallest absolute Gasteiger partial charge is 0.0517 e. The summed E-state index contributed by atoms with van der Waals surface area (Å²) in [6.07, 6.45) is 4.38. The molecule has 0 aliphatic carbocycles. The summed E-state index contributed by atoms with van der Waals surface area (Å²) in [7, 11) is 0. The third kappa shape index (κ3) is 1.00. The van der Waals surface area contributed by atoms with Gasteiger partial charge in [-0.25, -0.2) is 0 Å². The average molecular weight is 151 g/mol. The highest BCUT2D eigenvalue weighted by Crippen LogP contribution is 2.19. The van der Waals surface area contributed by atoms with Crippen LogP contribution in [-0.2, 0) is 0 Å². The second-order valence-corrected chi connectivity index (χ2v) is 3.15. The molecule has 0 saturated carbocycles. The van der Waals surface area contributed by atoms with Crippen molar-refractivity contribution >= 4 is 11.3 Å². The Morgan fingerprint density at radius 1 is 1.60 bits per heavy atom. The lowest BCUT2D eigenvalue weighted by Gasteiger charge is -2.04. The molecule has 1 aliphatic heterocycles. The van der Waals surface area contributed by atoms with E-state index in [2.05, 4.69) is 34.3 Å². The van der Waals surface area contributed by atoms with Crippen LogP contribution < -0.4 is 5.32 Å². The Labute approximate surface area is 64.4 Å². The van der Waals surface area contributed by atoms with Gasteiger partial charge in [0, 0.05) is 6.54 Å². The Kier molecular flexibility index (Phi) is 1.57. The number of nitrogens with one attached hydrogen (secondary N) is 1. The zero-order chi connectivity index (χ0) is 6.81. The molecule has 10 heavy (non-hydrogen) atoms. The van der Waals surface area contributed by atoms with Crippen molar-refractivity contribution in [2.75, 3.05) is 6.54 Å². The van der Waals surface area contributed by atoms with Crippen molar-refractivity contribution in [3.05, 3.63) is 34.5 Å². The van der Waals surface area contributed by atoms with Crippen LogP contribution >= 0.6 is 11.3 Å². The standard InChI is InChI=1S/C8H9NS/c1-2-8(9-4-1)7-3-5-10-6-7/h1-3,5-6,8-9H,4H2. The summed E-state index contributed by atoms with van der Waals surface area (Å²) >= 11 is 1.75. The molecular formula is C8H9NS. The van der Waals surface area contributed by atoms with Crippen LogP contribution in [0.2, 0.25) is 0 Å². The minimum absolute atomic E-state index is 0.478. The molecule has 2 heteroatoms. The van der Waals surface area contributed by atoms with Gasteiger partial charge in [-0.1, -0.05) is 12.2 Å². The number of rotatable bonds is 1. The van der Waals surface area contributed by atoms with Crippen LogP contribution in [-0.4, -0.2) is 6.54 Å². The van der Waals surface area contributed by atoms with E-state index in [0.29, 0.717) is 6.04 Å². The second-order valence-electron chi connectivity index (χ2n) is 2.37. The average Bonchev–Trinajstić information content (AvgIpc) is 2.59. The number of hydrogen-bond acceptors (Lipinski definition) is 2. The van der Waals surface area contributed by atoms with Crippen LogP contribution in [0.15, 0.2) is 29.0 Å². The maximum absolute atomic E-state index is 3.35. The molecule has 1 N–H and O–H groups in total. The highest BCUT2D eigenvalue weighted by molar-refractivity contribution is 7.07. The molecule has 1 aromatic rings. The fourth-order valence-corrected chi connectivity index (χ4v) is 1.84. The van der Waals surface area contributed by atoms with Crippen molar-refractivity contribution in [1.29, 1.82) is 0 Å². The summed E-state index contributed by atoms with van der Waals surface area (Å²) in [5.41, 5.74) is 1.39. The maximum atomic E-state index is 3.35. The van der Waals surface area contributed by atoms with Crippen molar-refractivity contribution in [2.45, 2.75) is 6.04 Å². The first-order valence-electron chi connectivity index (χ1n) is 3.39. The van der Waals surface area contributed by atoms with E-state index in [1.807, 2.05) is 0 Å². The van der Waals surface area contributed by atoms with Gasteiger partial charge in [0.15, 0.2) is 0 Å². The summed E-state index contributed by atoms with van der Waals surface area (Å²) in [5.74, 6) is 0. The third-order valence-electron chi connectivity index (χ3n) is 1.69. The lowest BCUT2D eigenvalue weighted by molar-refractivity contribution is 0.715. The fourth-order valence-electron chi connectivity index (χ4n) is 1.15. The lowest BCUT2D eigenvalue weighted by atomic mass is 10.2. The summed E-state index contributed by atoms with van der Waals surface area (Å²) in [6.45, 7) is 1.01. The van der Waals surface area contributed by atoms with Gasteiger partial charge in [0.2, 0.25) is 0 Å². The SMILES string of the molecule is C1=CC(c2ccsc2)NC1. The van der Waals surface area contributed by atoms with Crippen molar-refractivity contribution in [3.8, 4) is 0 Å². The van der Waals surface area contributed by atoms with Crippen LogP contribution in [0.5, 0.6) is 0 Å². The molecule has 1 aliphatic rings. The molecule has 0 aromatic carbocycles. The third-order valence-corrected chi connectivity index (χ3v) is 2.39. The molecule has 1 atom stereocenters. The molecule has 2 heterocycles. The van der Waals surface area contributed by atoms with Crippen molar-refractivity contribution in [3.63, 3.8) is 0 Å². The normalized spacial score (nSPS) is 23.8. The van der Waals surface area contributed by atoms with E-state index >= 15 is 0 Å². The van der Waals surface area contributed by atoms with Gasteiger partial charge in [-0.05, 0) is 22.4 Å². The molecule has 1 unspecified atom stereocenters. The molecule has 0 bridgehead atoms. The first kappa shape index (κ1) is 6.13. The zero-order valence-corrected chi connectivity index (χ0v) is 6.40. The van der Waals surface area contributed by atoms with Crippen LogP contribution in [0.1, 0.15) is 11.6 Å². The first-order chi connectivity index (χ1) is 4.97. The summed E-state index contributed by atoms with van der Waals surface area (Å²) in [6, 6.07) is 2.64. The summed E-state index contributed by atoms with van der Waals surface area (Å²) in [4.78, 5) is 0. The van der Waals surface area contributed by atoms with E-state index in [9.17, 15) is 0 Å². The van der Waals surface area contributed by atoms with Gasteiger partial charge >= 0.3 is 0 Å². The Bertz CT molecular complexity index is 225. The van der Waals surface area contributed by atoms with Crippen molar-refractivity contribution in [2.24, 2.45) is 0 Å². The van der Waals surface area contributed by atoms with Gasteiger partial charge in [0.25, 0.3) is 0 Å². The van der Waals surface area contributed by atoms with Crippen LogP contribution in [0.25, 0.3) is 0 Å². The van der Waals surface area contributed by atoms with Crippen LogP contribution in [0, 0.1) is 0 Å². The molecule has 0 fully saturated rings. The van der Waals surface area contributed by atoms with E-state index < -0.39 is 0 Å². The predicted molar refractivity (Wildman–Crippen MR) is 44.2 cm³/mol. The number of hydrogen-bond donors (Lipinski definition) is 1. The summed E-state index contributed by atoms with van der Waals surface area (Å²) < 4.78 is 0.